The highest BCUT2D eigenvalue weighted by atomic mass is 16.5. The number of fused-ring (bicyclic) bond motifs is 1. The summed E-state index contributed by atoms with van der Waals surface area (Å²) in [5.74, 6) is 0.297. The van der Waals surface area contributed by atoms with Crippen LogP contribution in [0.5, 0.6) is 5.75 Å². The molecule has 7 heteroatoms. The van der Waals surface area contributed by atoms with Gasteiger partial charge < -0.3 is 9.84 Å². The Kier molecular flexibility index (Phi) is 5.31. The van der Waals surface area contributed by atoms with Crippen molar-refractivity contribution in [1.82, 2.24) is 19.8 Å². The van der Waals surface area contributed by atoms with E-state index in [0.717, 1.165) is 37.3 Å². The second-order valence-corrected chi connectivity index (χ2v) is 7.14. The van der Waals surface area contributed by atoms with Crippen LogP contribution in [0.2, 0.25) is 0 Å². The largest absolute Gasteiger partial charge is 0.482 e. The van der Waals surface area contributed by atoms with Crippen molar-refractivity contribution in [3.8, 4) is 17.1 Å². The molecule has 4 rings (SSSR count). The Morgan fingerprint density at radius 3 is 2.89 bits per heavy atom. The fraction of sp³-hybridized carbons (Fsp3) is 0.450. The molecule has 0 amide bonds. The zero-order valence-corrected chi connectivity index (χ0v) is 15.3. The second-order valence-electron chi connectivity index (χ2n) is 7.14. The zero-order valence-electron chi connectivity index (χ0n) is 15.3. The number of benzene rings is 1. The van der Waals surface area contributed by atoms with Gasteiger partial charge in [-0.05, 0) is 43.7 Å². The summed E-state index contributed by atoms with van der Waals surface area (Å²) in [6.07, 6.45) is 5.98. The number of carboxylic acid groups (broad SMARTS) is 1. The van der Waals surface area contributed by atoms with E-state index in [1.807, 2.05) is 18.2 Å². The van der Waals surface area contributed by atoms with Crippen molar-refractivity contribution in [2.24, 2.45) is 0 Å². The highest BCUT2D eigenvalue weighted by Crippen LogP contribution is 2.28. The van der Waals surface area contributed by atoms with E-state index in [1.165, 1.54) is 19.4 Å². The molecule has 142 valence electrons. The summed E-state index contributed by atoms with van der Waals surface area (Å²) in [4.78, 5) is 24.6. The van der Waals surface area contributed by atoms with Gasteiger partial charge in [-0.25, -0.2) is 14.8 Å². The summed E-state index contributed by atoms with van der Waals surface area (Å²) in [6, 6.07) is 8.16. The molecule has 0 bridgehead atoms. The minimum Gasteiger partial charge on any atom is -0.482 e. The maximum absolute atomic E-state index is 10.9. The Bertz CT molecular complexity index is 799. The third kappa shape index (κ3) is 4.26. The van der Waals surface area contributed by atoms with Crippen molar-refractivity contribution in [3.63, 3.8) is 0 Å². The first-order valence-corrected chi connectivity index (χ1v) is 9.40. The summed E-state index contributed by atoms with van der Waals surface area (Å²) < 4.78 is 5.54. The van der Waals surface area contributed by atoms with Gasteiger partial charge in [-0.15, -0.1) is 0 Å². The SMILES string of the molecule is O=C(O)COc1ccc(-c2ncccn2)cc1CN1CCN2CCC[C@H]2C1. The van der Waals surface area contributed by atoms with Crippen molar-refractivity contribution in [1.29, 1.82) is 0 Å². The first kappa shape index (κ1) is 17.9. The van der Waals surface area contributed by atoms with Gasteiger partial charge in [0.15, 0.2) is 12.4 Å². The van der Waals surface area contributed by atoms with Gasteiger partial charge in [-0.2, -0.15) is 0 Å². The Labute approximate surface area is 158 Å². The van der Waals surface area contributed by atoms with Gasteiger partial charge in [0.25, 0.3) is 0 Å². The van der Waals surface area contributed by atoms with Gasteiger partial charge in [0.05, 0.1) is 0 Å². The van der Waals surface area contributed by atoms with Crippen LogP contribution in [-0.4, -0.2) is 69.7 Å². The zero-order chi connectivity index (χ0) is 18.6. The third-order valence-electron chi connectivity index (χ3n) is 5.30. The van der Waals surface area contributed by atoms with Crippen LogP contribution in [-0.2, 0) is 11.3 Å². The van der Waals surface area contributed by atoms with E-state index in [4.69, 9.17) is 9.84 Å². The highest BCUT2D eigenvalue weighted by Gasteiger charge is 2.30. The van der Waals surface area contributed by atoms with E-state index >= 15 is 0 Å². The summed E-state index contributed by atoms with van der Waals surface area (Å²) in [5.41, 5.74) is 1.89. The number of piperazine rings is 1. The Balaban J connectivity index is 1.56. The lowest BCUT2D eigenvalue weighted by Gasteiger charge is -2.37. The molecule has 1 atom stereocenters. The van der Waals surface area contributed by atoms with Gasteiger partial charge in [0.1, 0.15) is 5.75 Å². The minimum atomic E-state index is -0.976. The lowest BCUT2D eigenvalue weighted by atomic mass is 10.1. The molecule has 1 aromatic heterocycles. The third-order valence-corrected chi connectivity index (χ3v) is 5.30. The van der Waals surface area contributed by atoms with Gasteiger partial charge in [0, 0.05) is 55.7 Å². The van der Waals surface area contributed by atoms with E-state index in [2.05, 4.69) is 19.8 Å². The van der Waals surface area contributed by atoms with Crippen LogP contribution in [0, 0.1) is 0 Å². The number of aliphatic carboxylic acids is 1. The van der Waals surface area contributed by atoms with Crippen molar-refractivity contribution < 1.29 is 14.6 Å². The maximum atomic E-state index is 10.9. The summed E-state index contributed by atoms with van der Waals surface area (Å²) in [6.45, 7) is 4.76. The molecular formula is C20H24N4O3. The molecule has 2 aliphatic rings. The van der Waals surface area contributed by atoms with E-state index < -0.39 is 5.97 Å². The highest BCUT2D eigenvalue weighted by molar-refractivity contribution is 5.68. The molecule has 0 saturated carbocycles. The molecule has 0 radical (unpaired) electrons. The predicted molar refractivity (Wildman–Crippen MR) is 100 cm³/mol. The van der Waals surface area contributed by atoms with Gasteiger partial charge >= 0.3 is 5.97 Å². The van der Waals surface area contributed by atoms with Crippen LogP contribution in [0.3, 0.4) is 0 Å². The first-order valence-electron chi connectivity index (χ1n) is 9.40. The lowest BCUT2D eigenvalue weighted by Crippen LogP contribution is -2.49. The van der Waals surface area contributed by atoms with Crippen LogP contribution < -0.4 is 4.74 Å². The van der Waals surface area contributed by atoms with E-state index in [9.17, 15) is 4.79 Å². The Morgan fingerprint density at radius 1 is 1.22 bits per heavy atom. The van der Waals surface area contributed by atoms with E-state index in [-0.39, 0.29) is 6.61 Å². The van der Waals surface area contributed by atoms with Crippen molar-refractivity contribution in [3.05, 3.63) is 42.2 Å². The molecule has 3 heterocycles. The molecule has 2 aromatic rings. The quantitative estimate of drug-likeness (QED) is 0.834. The number of rotatable bonds is 6. The number of aromatic nitrogens is 2. The van der Waals surface area contributed by atoms with Crippen LogP contribution in [0.15, 0.2) is 36.7 Å². The van der Waals surface area contributed by atoms with Gasteiger partial charge in [-0.1, -0.05) is 0 Å². The predicted octanol–water partition coefficient (Wildman–Crippen LogP) is 1.89. The fourth-order valence-corrected chi connectivity index (χ4v) is 4.01. The van der Waals surface area contributed by atoms with Gasteiger partial charge in [-0.3, -0.25) is 9.80 Å². The molecule has 27 heavy (non-hydrogen) atoms. The number of ether oxygens (including phenoxy) is 1. The van der Waals surface area contributed by atoms with E-state index in [1.54, 1.807) is 18.5 Å². The molecule has 0 unspecified atom stereocenters. The molecule has 2 fully saturated rings. The van der Waals surface area contributed by atoms with E-state index in [0.29, 0.717) is 17.6 Å². The lowest BCUT2D eigenvalue weighted by molar-refractivity contribution is -0.139. The molecule has 0 aliphatic carbocycles. The fourth-order valence-electron chi connectivity index (χ4n) is 4.01. The first-order chi connectivity index (χ1) is 13.2. The second kappa shape index (κ2) is 8.02. The molecule has 2 saturated heterocycles. The monoisotopic (exact) mass is 368 g/mol. The topological polar surface area (TPSA) is 78.8 Å². The Hall–Kier alpha value is -2.51. The van der Waals surface area contributed by atoms with Crippen LogP contribution in [0.25, 0.3) is 11.4 Å². The van der Waals surface area contributed by atoms with Crippen molar-refractivity contribution >= 4 is 5.97 Å². The van der Waals surface area contributed by atoms with Crippen molar-refractivity contribution in [2.45, 2.75) is 25.4 Å². The molecule has 7 nitrogen and oxygen atoms in total. The van der Waals surface area contributed by atoms with Crippen LogP contribution >= 0.6 is 0 Å². The number of carbonyl (C=O) groups is 1. The number of hydrogen-bond donors (Lipinski definition) is 1. The average Bonchev–Trinajstić information content (AvgIpc) is 3.15. The molecule has 1 aromatic carbocycles. The maximum Gasteiger partial charge on any atom is 0.341 e. The summed E-state index contributed by atoms with van der Waals surface area (Å²) in [7, 11) is 0. The summed E-state index contributed by atoms with van der Waals surface area (Å²) in [5, 5.41) is 8.96. The molecule has 1 N–H and O–H groups in total. The number of hydrogen-bond acceptors (Lipinski definition) is 6. The number of carboxylic acids is 1. The number of nitrogens with zero attached hydrogens (tertiary/aromatic N) is 4. The van der Waals surface area contributed by atoms with Crippen LogP contribution in [0.4, 0.5) is 0 Å². The van der Waals surface area contributed by atoms with Crippen LogP contribution in [0.1, 0.15) is 18.4 Å². The smallest absolute Gasteiger partial charge is 0.341 e. The summed E-state index contributed by atoms with van der Waals surface area (Å²) >= 11 is 0. The molecule has 2 aliphatic heterocycles. The molecule has 0 spiro atoms. The normalized spacial score (nSPS) is 20.4. The Morgan fingerprint density at radius 2 is 2.07 bits per heavy atom. The van der Waals surface area contributed by atoms with Crippen molar-refractivity contribution in [2.75, 3.05) is 32.8 Å². The standard InChI is InChI=1S/C20H24N4O3/c25-19(26)14-27-18-5-4-15(20-21-6-2-7-22-20)11-16(18)12-23-9-10-24-8-1-3-17(24)13-23/h2,4-7,11,17H,1,3,8-10,12-14H2,(H,25,26)/t17-/m0/s1. The average molecular weight is 368 g/mol. The minimum absolute atomic E-state index is 0.343. The molecular weight excluding hydrogens is 344 g/mol. The van der Waals surface area contributed by atoms with Gasteiger partial charge in [0.2, 0.25) is 0 Å².